The number of amides is 4. The number of urea groups is 2. The predicted octanol–water partition coefficient (Wildman–Crippen LogP) is 24.5. The minimum Gasteiger partial charge on any atom is -0.497 e. The van der Waals surface area contributed by atoms with Gasteiger partial charge in [-0.3, -0.25) is 19.4 Å². The quantitative estimate of drug-likeness (QED) is 0.0486. The van der Waals surface area contributed by atoms with E-state index in [9.17, 15) is 19.2 Å². The van der Waals surface area contributed by atoms with Crippen molar-refractivity contribution in [1.29, 1.82) is 0 Å². The Bertz CT molecular complexity index is 6950. The molecule has 0 saturated carbocycles. The molecule has 3 aliphatic rings. The fourth-order valence-corrected chi connectivity index (χ4v) is 27.2. The topological polar surface area (TPSA) is 167 Å². The predicted molar refractivity (Wildman–Crippen MR) is 631 cm³/mol. The van der Waals surface area contributed by atoms with E-state index in [0.717, 1.165) is 84.4 Å². The fraction of sp³-hybridized carbons (Fsp3) is 0.0938. The standard InChI is InChI=1S/C25H21N3O3.C22H27BN2O4.4C18H15P.C9H6BrNO.Pd/c1-31-19-11-8-17-12-13-28(23(17)14-19)25(30)27-18-9-6-16(7-10-18)22-15-26-24(29)21-5-3-2-4-20(21)22;1-21(2)22(3,4)29-23(28-21)16-7-9-17(10-8-16)24-20(26)25-13-12-15-6-11-18(27-5)14-19(15)25;4*1-4-10-16(11-5-1)19(17-12-6-2-7-13-17)18-14-8-3-9-15-18;10-8-5-11-9(12)7-4-2-1-3-6(7)8;/h2-11,14-15H,12-13H2,1H3,(H,26,29)(H,27,30);6-11,14H,12-13H2,1-5H3,(H,24,26);4*1-15H;1-5H,(H,11,12);. The normalized spacial score (nSPS) is 12.6. The smallest absolute Gasteiger partial charge is 0.494 e. The average Bonchev–Trinajstić information content (AvgIpc) is 1.64. The number of fused-ring (bicyclic) bond motifs is 4. The Morgan fingerprint density at radius 2 is 0.557 bits per heavy atom. The van der Waals surface area contributed by atoms with Crippen molar-refractivity contribution >= 4 is 180 Å². The molecule has 744 valence electrons. The first-order valence-corrected chi connectivity index (χ1v) is 55.3. The van der Waals surface area contributed by atoms with Gasteiger partial charge in [0, 0.05) is 95.6 Å². The number of ether oxygens (including phenoxy) is 2. The first-order chi connectivity index (χ1) is 72.4. The van der Waals surface area contributed by atoms with Gasteiger partial charge in [-0.2, -0.15) is 0 Å². The van der Waals surface area contributed by atoms with Crippen LogP contribution < -0.4 is 110 Å². The maximum atomic E-state index is 12.9. The number of benzene rings is 18. The largest absolute Gasteiger partial charge is 0.497 e. The van der Waals surface area contributed by atoms with Crippen LogP contribution in [0.5, 0.6) is 11.5 Å². The number of hydrogen-bond acceptors (Lipinski definition) is 8. The summed E-state index contributed by atoms with van der Waals surface area (Å²) in [6, 6.07) is 171. The number of hydrogen-bond donors (Lipinski definition) is 4. The van der Waals surface area contributed by atoms with E-state index in [1.54, 1.807) is 42.5 Å². The first-order valence-electron chi connectivity index (χ1n) is 49.2. The third kappa shape index (κ3) is 27.7. The molecule has 4 N–H and O–H groups in total. The van der Waals surface area contributed by atoms with Crippen molar-refractivity contribution in [3.8, 4) is 22.6 Å². The molecule has 3 aliphatic heterocycles. The molecule has 1 saturated heterocycles. The van der Waals surface area contributed by atoms with Gasteiger partial charge in [0.1, 0.15) is 11.5 Å². The van der Waals surface area contributed by atoms with Gasteiger partial charge in [0.2, 0.25) is 0 Å². The van der Waals surface area contributed by atoms with Crippen LogP contribution in [0, 0.1) is 0 Å². The van der Waals surface area contributed by atoms with E-state index in [-0.39, 0.29) is 54.8 Å². The Balaban J connectivity index is 0.000000126. The van der Waals surface area contributed by atoms with Gasteiger partial charge in [-0.05, 0) is 228 Å². The third-order valence-corrected chi connectivity index (χ3v) is 36.2. The summed E-state index contributed by atoms with van der Waals surface area (Å²) < 4.78 is 23.7. The molecule has 149 heavy (non-hydrogen) atoms. The Hall–Kier alpha value is -14.6. The van der Waals surface area contributed by atoms with Crippen LogP contribution in [0.1, 0.15) is 38.8 Å². The molecule has 18 aromatic carbocycles. The minimum atomic E-state index is -0.446. The van der Waals surface area contributed by atoms with E-state index in [2.05, 4.69) is 401 Å². The number of aromatic nitrogens is 2. The summed E-state index contributed by atoms with van der Waals surface area (Å²) in [5.74, 6) is 1.48. The second kappa shape index (κ2) is 52.8. The van der Waals surface area contributed by atoms with E-state index >= 15 is 0 Å². The van der Waals surface area contributed by atoms with Gasteiger partial charge < -0.3 is 39.4 Å². The Morgan fingerprint density at radius 3 is 0.826 bits per heavy atom. The number of nitrogens with zero attached hydrogens (tertiary/aromatic N) is 2. The summed E-state index contributed by atoms with van der Waals surface area (Å²) in [5.41, 5.74) is 7.42. The SMILES string of the molecule is COc1ccc2c(c1)N(C(=O)Nc1ccc(-c3c[nH]c(=O)c4ccccc34)cc1)CC2.COc1ccc2c(c1)N(C(=O)Nc1ccc(B3OC(C)(C)C(C)(C)O3)cc1)CC2.O=c1[nH]cc(Br)c2ccccc12.[Pd].c1ccc(P(c2ccccc2)c2ccccc2)cc1.c1ccc(P(c2ccccc2)c2ccccc2)cc1.c1ccc(P(c2ccccc2)c2ccccc2)cc1.c1ccc(P(c2ccccc2)c2ccccc2)cc1. The van der Waals surface area contributed by atoms with E-state index in [0.29, 0.717) is 29.5 Å². The molecule has 5 heterocycles. The van der Waals surface area contributed by atoms with Crippen molar-refractivity contribution in [3.05, 3.63) is 546 Å². The molecule has 2 aromatic heterocycles. The number of pyridine rings is 2. The maximum absolute atomic E-state index is 12.9. The van der Waals surface area contributed by atoms with Crippen LogP contribution in [0.2, 0.25) is 0 Å². The summed E-state index contributed by atoms with van der Waals surface area (Å²) in [7, 11) is 1.05. The molecule has 14 nitrogen and oxygen atoms in total. The van der Waals surface area contributed by atoms with E-state index < -0.39 is 38.8 Å². The maximum Gasteiger partial charge on any atom is 0.494 e. The molecule has 20 aromatic rings. The molecule has 0 aliphatic carbocycles. The van der Waals surface area contributed by atoms with E-state index in [1.807, 2.05) is 155 Å². The fourth-order valence-electron chi connectivity index (χ4n) is 17.5. The number of carbonyl (C=O) groups excluding carboxylic acids is 2. The third-order valence-electron chi connectivity index (χ3n) is 25.7. The van der Waals surface area contributed by atoms with Crippen LogP contribution in [-0.4, -0.2) is 67.7 Å². The molecule has 0 spiro atoms. The van der Waals surface area contributed by atoms with Crippen molar-refractivity contribution in [2.75, 3.05) is 47.7 Å². The molecular weight excluding hydrogens is 2070 g/mol. The van der Waals surface area contributed by atoms with Crippen LogP contribution in [0.4, 0.5) is 32.3 Å². The van der Waals surface area contributed by atoms with E-state index in [1.165, 1.54) is 63.7 Å². The van der Waals surface area contributed by atoms with Crippen molar-refractivity contribution in [2.45, 2.75) is 51.7 Å². The Morgan fingerprint density at radius 1 is 0.315 bits per heavy atom. The van der Waals surface area contributed by atoms with Gasteiger partial charge >= 0.3 is 19.2 Å². The van der Waals surface area contributed by atoms with Crippen molar-refractivity contribution < 1.29 is 48.8 Å². The summed E-state index contributed by atoms with van der Waals surface area (Å²) in [6.45, 7) is 9.42. The summed E-state index contributed by atoms with van der Waals surface area (Å²) >= 11 is 3.36. The molecule has 0 radical (unpaired) electrons. The molecule has 0 atom stereocenters. The molecule has 1 fully saturated rings. The zero-order valence-corrected chi connectivity index (χ0v) is 90.3. The number of methoxy groups -OCH3 is 2. The van der Waals surface area contributed by atoms with Crippen LogP contribution in [0.25, 0.3) is 32.7 Å². The zero-order chi connectivity index (χ0) is 102. The molecule has 4 amide bonds. The minimum absolute atomic E-state index is 0. The van der Waals surface area contributed by atoms with Crippen molar-refractivity contribution in [2.24, 2.45) is 0 Å². The number of rotatable bonds is 18. The number of nitrogens with one attached hydrogen (secondary N) is 4. The molecular formula is C128H114BBrN6O8P4Pd. The molecule has 0 unspecified atom stereocenters. The molecule has 23 rings (SSSR count). The number of anilines is 4. The van der Waals surface area contributed by atoms with Gasteiger partial charge in [0.15, 0.2) is 0 Å². The molecule has 21 heteroatoms. The monoisotopic (exact) mass is 2180 g/mol. The van der Waals surface area contributed by atoms with Crippen LogP contribution in [0.3, 0.4) is 0 Å². The van der Waals surface area contributed by atoms with Crippen LogP contribution in [0.15, 0.2) is 524 Å². The first kappa shape index (κ1) is 107. The van der Waals surface area contributed by atoms with Gasteiger partial charge in [-0.1, -0.05) is 437 Å². The summed E-state index contributed by atoms with van der Waals surface area (Å²) in [4.78, 5) is 58.0. The van der Waals surface area contributed by atoms with Gasteiger partial charge in [0.25, 0.3) is 11.1 Å². The van der Waals surface area contributed by atoms with Crippen molar-refractivity contribution in [3.63, 3.8) is 0 Å². The van der Waals surface area contributed by atoms with Gasteiger partial charge in [-0.15, -0.1) is 0 Å². The number of carbonyl (C=O) groups is 2. The summed E-state index contributed by atoms with van der Waals surface area (Å²) in [5, 5.41) is 25.9. The van der Waals surface area contributed by atoms with Gasteiger partial charge in [-0.25, -0.2) is 9.59 Å². The van der Waals surface area contributed by atoms with E-state index in [4.69, 9.17) is 18.8 Å². The average molecular weight is 2190 g/mol. The second-order valence-electron chi connectivity index (χ2n) is 35.9. The number of aromatic amines is 2. The zero-order valence-electron chi connectivity index (χ0n) is 83.5. The second-order valence-corrected chi connectivity index (χ2v) is 45.6. The van der Waals surface area contributed by atoms with Crippen molar-refractivity contribution in [1.82, 2.24) is 9.97 Å². The summed E-state index contributed by atoms with van der Waals surface area (Å²) in [6.07, 6.45) is 5.05. The Labute approximate surface area is 900 Å². The number of halogens is 1. The van der Waals surface area contributed by atoms with Crippen LogP contribution >= 0.6 is 47.6 Å². The van der Waals surface area contributed by atoms with Gasteiger partial charge in [0.05, 0.1) is 36.8 Å². The Kier molecular flexibility index (Phi) is 38.0. The molecule has 0 bridgehead atoms. The van der Waals surface area contributed by atoms with Crippen LogP contribution in [-0.2, 0) is 42.6 Å². The number of H-pyrrole nitrogens is 2.